The lowest BCUT2D eigenvalue weighted by Gasteiger charge is -2.01. The molecule has 1 heterocycles. The van der Waals surface area contributed by atoms with Crippen LogP contribution < -0.4 is 5.32 Å². The van der Waals surface area contributed by atoms with Crippen molar-refractivity contribution in [3.8, 4) is 0 Å². The summed E-state index contributed by atoms with van der Waals surface area (Å²) in [6, 6.07) is 0. The van der Waals surface area contributed by atoms with Crippen molar-refractivity contribution in [3.63, 3.8) is 0 Å². The zero-order valence-corrected chi connectivity index (χ0v) is 9.37. The maximum absolute atomic E-state index is 10.5. The van der Waals surface area contributed by atoms with E-state index in [1.165, 1.54) is 6.92 Å². The van der Waals surface area contributed by atoms with Crippen LogP contribution in [0.15, 0.2) is 12.5 Å². The molecule has 0 saturated heterocycles. The van der Waals surface area contributed by atoms with Crippen molar-refractivity contribution >= 4 is 5.91 Å². The predicted octanol–water partition coefficient (Wildman–Crippen LogP) is 1.35. The number of hydrogen-bond acceptors (Lipinski definition) is 2. The van der Waals surface area contributed by atoms with E-state index in [0.717, 1.165) is 12.2 Å². The molecular weight excluding hydrogens is 178 g/mol. The number of hydrogen-bond donors (Lipinski definition) is 1. The lowest BCUT2D eigenvalue weighted by Crippen LogP contribution is -2.23. The number of carbonyl (C=O) groups is 1. The SMILES string of the molecule is CC.CC(=O)NCCn1cnc(C)c1. The quantitative estimate of drug-likeness (QED) is 0.795. The van der Waals surface area contributed by atoms with Gasteiger partial charge < -0.3 is 9.88 Å². The Morgan fingerprint density at radius 2 is 2.21 bits per heavy atom. The highest BCUT2D eigenvalue weighted by molar-refractivity contribution is 5.72. The third-order valence-electron chi connectivity index (χ3n) is 1.51. The molecule has 0 fully saturated rings. The molecule has 1 aromatic rings. The van der Waals surface area contributed by atoms with E-state index in [2.05, 4.69) is 10.3 Å². The van der Waals surface area contributed by atoms with E-state index in [4.69, 9.17) is 0 Å². The Hall–Kier alpha value is -1.32. The first-order chi connectivity index (χ1) is 6.68. The molecule has 80 valence electrons. The fourth-order valence-corrected chi connectivity index (χ4v) is 0.955. The zero-order chi connectivity index (χ0) is 11.0. The second-order valence-corrected chi connectivity index (χ2v) is 2.74. The van der Waals surface area contributed by atoms with Crippen molar-refractivity contribution in [1.29, 1.82) is 0 Å². The topological polar surface area (TPSA) is 46.9 Å². The van der Waals surface area contributed by atoms with E-state index >= 15 is 0 Å². The molecule has 14 heavy (non-hydrogen) atoms. The molecule has 0 bridgehead atoms. The maximum Gasteiger partial charge on any atom is 0.216 e. The molecule has 0 saturated carbocycles. The first-order valence-electron chi connectivity index (χ1n) is 4.91. The minimum atomic E-state index is 0.00633. The van der Waals surface area contributed by atoms with Crippen molar-refractivity contribution in [2.24, 2.45) is 0 Å². The second kappa shape index (κ2) is 7.12. The third kappa shape index (κ3) is 5.35. The van der Waals surface area contributed by atoms with Crippen LogP contribution in [0.2, 0.25) is 0 Å². The molecule has 0 aliphatic carbocycles. The summed E-state index contributed by atoms with van der Waals surface area (Å²) in [7, 11) is 0. The van der Waals surface area contributed by atoms with Crippen LogP contribution in [0.25, 0.3) is 0 Å². The van der Waals surface area contributed by atoms with Crippen LogP contribution in [-0.2, 0) is 11.3 Å². The van der Waals surface area contributed by atoms with Gasteiger partial charge in [-0.3, -0.25) is 4.79 Å². The van der Waals surface area contributed by atoms with E-state index in [1.807, 2.05) is 31.5 Å². The van der Waals surface area contributed by atoms with Crippen LogP contribution in [0, 0.1) is 6.92 Å². The standard InChI is InChI=1S/C8H13N3O.C2H6/c1-7-5-11(6-10-7)4-3-9-8(2)12;1-2/h5-6H,3-4H2,1-2H3,(H,9,12);1-2H3. The van der Waals surface area contributed by atoms with Gasteiger partial charge in [0.2, 0.25) is 5.91 Å². The summed E-state index contributed by atoms with van der Waals surface area (Å²) in [5, 5.41) is 2.72. The molecule has 0 spiro atoms. The molecule has 0 unspecified atom stereocenters. The normalized spacial score (nSPS) is 8.86. The Morgan fingerprint density at radius 3 is 2.64 bits per heavy atom. The van der Waals surface area contributed by atoms with Gasteiger partial charge in [0.25, 0.3) is 0 Å². The van der Waals surface area contributed by atoms with Crippen molar-refractivity contribution in [2.45, 2.75) is 34.2 Å². The summed E-state index contributed by atoms with van der Waals surface area (Å²) in [4.78, 5) is 14.6. The molecule has 0 aliphatic rings. The Balaban J connectivity index is 0.000000791. The number of aryl methyl sites for hydroxylation is 1. The monoisotopic (exact) mass is 197 g/mol. The van der Waals surface area contributed by atoms with E-state index < -0.39 is 0 Å². The highest BCUT2D eigenvalue weighted by Gasteiger charge is 1.93. The number of rotatable bonds is 3. The molecule has 0 aromatic carbocycles. The molecule has 1 aromatic heterocycles. The van der Waals surface area contributed by atoms with Crippen LogP contribution >= 0.6 is 0 Å². The number of nitrogens with one attached hydrogen (secondary N) is 1. The van der Waals surface area contributed by atoms with Gasteiger partial charge >= 0.3 is 0 Å². The Kier molecular flexibility index (Phi) is 6.45. The summed E-state index contributed by atoms with van der Waals surface area (Å²) in [6.07, 6.45) is 3.71. The van der Waals surface area contributed by atoms with Crippen LogP contribution in [-0.4, -0.2) is 22.0 Å². The van der Waals surface area contributed by atoms with Gasteiger partial charge in [-0.25, -0.2) is 4.98 Å². The number of carbonyl (C=O) groups excluding carboxylic acids is 1. The van der Waals surface area contributed by atoms with Crippen LogP contribution in [0.4, 0.5) is 0 Å². The number of imidazole rings is 1. The van der Waals surface area contributed by atoms with E-state index in [0.29, 0.717) is 6.54 Å². The van der Waals surface area contributed by atoms with Gasteiger partial charge in [-0.15, -0.1) is 0 Å². The average molecular weight is 197 g/mol. The summed E-state index contributed by atoms with van der Waals surface area (Å²) >= 11 is 0. The van der Waals surface area contributed by atoms with E-state index in [9.17, 15) is 4.79 Å². The Labute approximate surface area is 85.3 Å². The lowest BCUT2D eigenvalue weighted by molar-refractivity contribution is -0.118. The molecule has 4 heteroatoms. The first-order valence-corrected chi connectivity index (χ1v) is 4.91. The third-order valence-corrected chi connectivity index (χ3v) is 1.51. The van der Waals surface area contributed by atoms with Crippen molar-refractivity contribution in [3.05, 3.63) is 18.2 Å². The van der Waals surface area contributed by atoms with Crippen LogP contribution in [0.3, 0.4) is 0 Å². The van der Waals surface area contributed by atoms with Crippen molar-refractivity contribution in [2.75, 3.05) is 6.54 Å². The average Bonchev–Trinajstić information content (AvgIpc) is 2.54. The van der Waals surface area contributed by atoms with Gasteiger partial charge in [-0.1, -0.05) is 13.8 Å². The van der Waals surface area contributed by atoms with E-state index in [-0.39, 0.29) is 5.91 Å². The summed E-state index contributed by atoms with van der Waals surface area (Å²) in [5.41, 5.74) is 0.998. The van der Waals surface area contributed by atoms with Crippen molar-refractivity contribution in [1.82, 2.24) is 14.9 Å². The van der Waals surface area contributed by atoms with Gasteiger partial charge in [0.05, 0.1) is 12.0 Å². The van der Waals surface area contributed by atoms with Gasteiger partial charge in [0.1, 0.15) is 0 Å². The molecule has 0 atom stereocenters. The van der Waals surface area contributed by atoms with Gasteiger partial charge in [-0.2, -0.15) is 0 Å². The smallest absolute Gasteiger partial charge is 0.216 e. The van der Waals surface area contributed by atoms with E-state index in [1.54, 1.807) is 6.33 Å². The minimum absolute atomic E-state index is 0.00633. The number of nitrogens with zero attached hydrogens (tertiary/aromatic N) is 2. The summed E-state index contributed by atoms with van der Waals surface area (Å²) < 4.78 is 1.95. The molecule has 1 amide bonds. The summed E-state index contributed by atoms with van der Waals surface area (Å²) in [6.45, 7) is 8.89. The minimum Gasteiger partial charge on any atom is -0.355 e. The fourth-order valence-electron chi connectivity index (χ4n) is 0.955. The molecule has 0 aliphatic heterocycles. The number of aromatic nitrogens is 2. The zero-order valence-electron chi connectivity index (χ0n) is 9.37. The van der Waals surface area contributed by atoms with Crippen LogP contribution in [0.5, 0.6) is 0 Å². The molecular formula is C10H19N3O. The molecule has 0 radical (unpaired) electrons. The highest BCUT2D eigenvalue weighted by atomic mass is 16.1. The largest absolute Gasteiger partial charge is 0.355 e. The van der Waals surface area contributed by atoms with Gasteiger partial charge in [0.15, 0.2) is 0 Å². The second-order valence-electron chi connectivity index (χ2n) is 2.74. The molecule has 1 rings (SSSR count). The van der Waals surface area contributed by atoms with Crippen molar-refractivity contribution < 1.29 is 4.79 Å². The Morgan fingerprint density at radius 1 is 1.57 bits per heavy atom. The van der Waals surface area contributed by atoms with Gasteiger partial charge in [0, 0.05) is 26.2 Å². The molecule has 4 nitrogen and oxygen atoms in total. The highest BCUT2D eigenvalue weighted by Crippen LogP contribution is 1.91. The lowest BCUT2D eigenvalue weighted by atomic mass is 10.5. The number of amides is 1. The Bertz CT molecular complexity index is 268. The van der Waals surface area contributed by atoms with Crippen LogP contribution in [0.1, 0.15) is 26.5 Å². The summed E-state index contributed by atoms with van der Waals surface area (Å²) in [5.74, 6) is 0.00633. The molecule has 1 N–H and O–H groups in total. The first kappa shape index (κ1) is 12.7. The predicted molar refractivity (Wildman–Crippen MR) is 57.0 cm³/mol. The fraction of sp³-hybridized carbons (Fsp3) is 0.600. The maximum atomic E-state index is 10.5. The van der Waals surface area contributed by atoms with Gasteiger partial charge in [-0.05, 0) is 6.92 Å².